The van der Waals surface area contributed by atoms with Crippen LogP contribution in [0.5, 0.6) is 0 Å². The normalized spacial score (nSPS) is 17.5. The van der Waals surface area contributed by atoms with Crippen molar-refractivity contribution < 1.29 is 17.6 Å². The van der Waals surface area contributed by atoms with Gasteiger partial charge in [0.15, 0.2) is 9.84 Å². The molecule has 0 radical (unpaired) electrons. The Morgan fingerprint density at radius 2 is 1.92 bits per heavy atom. The van der Waals surface area contributed by atoms with Gasteiger partial charge >= 0.3 is 0 Å². The van der Waals surface area contributed by atoms with E-state index in [9.17, 15) is 17.6 Å². The molecule has 1 atom stereocenters. The fourth-order valence-corrected chi connectivity index (χ4v) is 4.93. The van der Waals surface area contributed by atoms with Gasteiger partial charge in [-0.3, -0.25) is 4.79 Å². The standard InChI is InChI=1S/C20H22FNO3S/c1-15-7-8-16(13-19(15)21)9-10-20(23)22-12-11-18(14-22)26(24,25)17-5-3-2-4-6-17/h2-8,13,18H,9-12,14H2,1H3. The molecule has 1 aliphatic rings. The van der Waals surface area contributed by atoms with Crippen LogP contribution in [0, 0.1) is 12.7 Å². The second-order valence-electron chi connectivity index (χ2n) is 6.69. The Kier molecular flexibility index (Phi) is 5.41. The molecule has 0 aliphatic carbocycles. The van der Waals surface area contributed by atoms with Gasteiger partial charge in [0.2, 0.25) is 5.91 Å². The van der Waals surface area contributed by atoms with E-state index in [1.54, 1.807) is 48.2 Å². The molecule has 3 rings (SSSR count). The maximum atomic E-state index is 13.6. The van der Waals surface area contributed by atoms with Crippen molar-refractivity contribution in [2.24, 2.45) is 0 Å². The summed E-state index contributed by atoms with van der Waals surface area (Å²) in [7, 11) is -3.43. The average Bonchev–Trinajstić information content (AvgIpc) is 3.14. The Morgan fingerprint density at radius 3 is 2.62 bits per heavy atom. The van der Waals surface area contributed by atoms with Crippen molar-refractivity contribution >= 4 is 15.7 Å². The lowest BCUT2D eigenvalue weighted by molar-refractivity contribution is -0.130. The van der Waals surface area contributed by atoms with Gasteiger partial charge in [0, 0.05) is 19.5 Å². The van der Waals surface area contributed by atoms with Gasteiger partial charge in [-0.05, 0) is 49.1 Å². The number of likely N-dealkylation sites (tertiary alicyclic amines) is 1. The zero-order chi connectivity index (χ0) is 18.7. The number of carbonyl (C=O) groups is 1. The summed E-state index contributed by atoms with van der Waals surface area (Å²) < 4.78 is 38.9. The molecule has 138 valence electrons. The van der Waals surface area contributed by atoms with Crippen LogP contribution in [0.2, 0.25) is 0 Å². The van der Waals surface area contributed by atoms with E-state index in [1.807, 2.05) is 6.07 Å². The number of sulfone groups is 1. The summed E-state index contributed by atoms with van der Waals surface area (Å²) in [5.41, 5.74) is 1.35. The second kappa shape index (κ2) is 7.58. The first-order chi connectivity index (χ1) is 12.4. The quantitative estimate of drug-likeness (QED) is 0.807. The molecule has 0 saturated carbocycles. The number of nitrogens with zero attached hydrogens (tertiary/aromatic N) is 1. The third-order valence-electron chi connectivity index (χ3n) is 4.87. The maximum Gasteiger partial charge on any atom is 0.222 e. The number of aryl methyl sites for hydroxylation is 2. The summed E-state index contributed by atoms with van der Waals surface area (Å²) in [4.78, 5) is 14.3. The van der Waals surface area contributed by atoms with Crippen LogP contribution in [0.4, 0.5) is 4.39 Å². The largest absolute Gasteiger partial charge is 0.341 e. The number of rotatable bonds is 5. The van der Waals surface area contributed by atoms with E-state index in [0.29, 0.717) is 29.8 Å². The van der Waals surface area contributed by atoms with Crippen LogP contribution >= 0.6 is 0 Å². The minimum atomic E-state index is -3.43. The molecule has 0 bridgehead atoms. The van der Waals surface area contributed by atoms with Gasteiger partial charge in [-0.2, -0.15) is 0 Å². The molecular formula is C20H22FNO3S. The number of amides is 1. The number of hydrogen-bond donors (Lipinski definition) is 0. The third-order valence-corrected chi connectivity index (χ3v) is 7.06. The second-order valence-corrected chi connectivity index (χ2v) is 8.92. The highest BCUT2D eigenvalue weighted by Gasteiger charge is 2.35. The lowest BCUT2D eigenvalue weighted by atomic mass is 10.1. The zero-order valence-corrected chi connectivity index (χ0v) is 15.5. The van der Waals surface area contributed by atoms with Crippen molar-refractivity contribution in [2.45, 2.75) is 36.3 Å². The molecule has 2 aromatic rings. The highest BCUT2D eigenvalue weighted by Crippen LogP contribution is 2.24. The number of halogens is 1. The molecule has 0 N–H and O–H groups in total. The van der Waals surface area contributed by atoms with E-state index >= 15 is 0 Å². The van der Waals surface area contributed by atoms with Crippen LogP contribution in [-0.4, -0.2) is 37.6 Å². The summed E-state index contributed by atoms with van der Waals surface area (Å²) in [6.45, 7) is 2.36. The highest BCUT2D eigenvalue weighted by atomic mass is 32.2. The molecule has 1 amide bonds. The first-order valence-electron chi connectivity index (χ1n) is 8.69. The zero-order valence-electron chi connectivity index (χ0n) is 14.7. The van der Waals surface area contributed by atoms with Crippen molar-refractivity contribution in [3.63, 3.8) is 0 Å². The van der Waals surface area contributed by atoms with Crippen LogP contribution in [0.25, 0.3) is 0 Å². The molecule has 26 heavy (non-hydrogen) atoms. The molecule has 1 saturated heterocycles. The van der Waals surface area contributed by atoms with Crippen molar-refractivity contribution in [1.82, 2.24) is 4.90 Å². The lowest BCUT2D eigenvalue weighted by Crippen LogP contribution is -2.32. The monoisotopic (exact) mass is 375 g/mol. The van der Waals surface area contributed by atoms with Crippen LogP contribution in [-0.2, 0) is 21.1 Å². The van der Waals surface area contributed by atoms with Crippen LogP contribution in [0.3, 0.4) is 0 Å². The third kappa shape index (κ3) is 3.96. The minimum absolute atomic E-state index is 0.0863. The predicted octanol–water partition coefficient (Wildman–Crippen LogP) is 3.14. The molecule has 1 aliphatic heterocycles. The molecule has 2 aromatic carbocycles. The number of carbonyl (C=O) groups excluding carboxylic acids is 1. The SMILES string of the molecule is Cc1ccc(CCC(=O)N2CCC(S(=O)(=O)c3ccccc3)C2)cc1F. The van der Waals surface area contributed by atoms with E-state index in [4.69, 9.17) is 0 Å². The van der Waals surface area contributed by atoms with Gasteiger partial charge in [0.05, 0.1) is 10.1 Å². The van der Waals surface area contributed by atoms with Crippen LogP contribution < -0.4 is 0 Å². The van der Waals surface area contributed by atoms with Crippen LogP contribution in [0.1, 0.15) is 24.0 Å². The number of hydrogen-bond acceptors (Lipinski definition) is 3. The van der Waals surface area contributed by atoms with Crippen LogP contribution in [0.15, 0.2) is 53.4 Å². The Labute approximate surface area is 153 Å². The Bertz CT molecular complexity index is 897. The summed E-state index contributed by atoms with van der Waals surface area (Å²) >= 11 is 0. The fraction of sp³-hybridized carbons (Fsp3) is 0.350. The average molecular weight is 375 g/mol. The van der Waals surface area contributed by atoms with Gasteiger partial charge in [-0.1, -0.05) is 30.3 Å². The van der Waals surface area contributed by atoms with Gasteiger partial charge in [0.25, 0.3) is 0 Å². The highest BCUT2D eigenvalue weighted by molar-refractivity contribution is 7.92. The van der Waals surface area contributed by atoms with Gasteiger partial charge in [0.1, 0.15) is 5.82 Å². The molecule has 1 fully saturated rings. The van der Waals surface area contributed by atoms with Crippen molar-refractivity contribution in [3.05, 3.63) is 65.5 Å². The van der Waals surface area contributed by atoms with E-state index in [2.05, 4.69) is 0 Å². The number of benzene rings is 2. The van der Waals surface area contributed by atoms with Crippen molar-refractivity contribution in [1.29, 1.82) is 0 Å². The van der Waals surface area contributed by atoms with Gasteiger partial charge in [-0.15, -0.1) is 0 Å². The smallest absolute Gasteiger partial charge is 0.222 e. The molecular weight excluding hydrogens is 353 g/mol. The Hall–Kier alpha value is -2.21. The molecule has 0 aromatic heterocycles. The molecule has 4 nitrogen and oxygen atoms in total. The first-order valence-corrected chi connectivity index (χ1v) is 10.2. The summed E-state index contributed by atoms with van der Waals surface area (Å²) in [5, 5.41) is -0.564. The van der Waals surface area contributed by atoms with Crippen molar-refractivity contribution in [3.8, 4) is 0 Å². The Morgan fingerprint density at radius 1 is 1.19 bits per heavy atom. The summed E-state index contributed by atoms with van der Waals surface area (Å²) in [5.74, 6) is -0.359. The first kappa shape index (κ1) is 18.6. The topological polar surface area (TPSA) is 54.5 Å². The van der Waals surface area contributed by atoms with Gasteiger partial charge < -0.3 is 4.90 Å². The molecule has 6 heteroatoms. The van der Waals surface area contributed by atoms with E-state index in [-0.39, 0.29) is 24.7 Å². The molecule has 1 unspecified atom stereocenters. The van der Waals surface area contributed by atoms with E-state index in [0.717, 1.165) is 5.56 Å². The van der Waals surface area contributed by atoms with Gasteiger partial charge in [-0.25, -0.2) is 12.8 Å². The minimum Gasteiger partial charge on any atom is -0.341 e. The van der Waals surface area contributed by atoms with Crippen molar-refractivity contribution in [2.75, 3.05) is 13.1 Å². The predicted molar refractivity (Wildman–Crippen MR) is 98.1 cm³/mol. The summed E-state index contributed by atoms with van der Waals surface area (Å²) in [6, 6.07) is 13.3. The lowest BCUT2D eigenvalue weighted by Gasteiger charge is -2.17. The maximum absolute atomic E-state index is 13.6. The van der Waals surface area contributed by atoms with E-state index in [1.165, 1.54) is 6.07 Å². The summed E-state index contributed by atoms with van der Waals surface area (Å²) in [6.07, 6.45) is 1.14. The molecule has 0 spiro atoms. The fourth-order valence-electron chi connectivity index (χ4n) is 3.21. The Balaban J connectivity index is 1.59. The van der Waals surface area contributed by atoms with E-state index < -0.39 is 15.1 Å². The molecule has 1 heterocycles.